The highest BCUT2D eigenvalue weighted by atomic mass is 35.6. The molecule has 0 saturated heterocycles. The molecular weight excluding hydrogens is 337 g/mol. The molecule has 0 unspecified atom stereocenters. The number of carbonyl (C=O) groups is 1. The molecule has 0 aliphatic heterocycles. The predicted octanol–water partition coefficient (Wildman–Crippen LogP) is 5.15. The molecule has 0 spiro atoms. The van der Waals surface area contributed by atoms with Crippen molar-refractivity contribution in [3.8, 4) is 0 Å². The second-order valence-electron chi connectivity index (χ2n) is 2.96. The molecule has 1 nitrogen and oxygen atoms in total. The quantitative estimate of drug-likeness (QED) is 0.510. The van der Waals surface area contributed by atoms with E-state index >= 15 is 0 Å². The Bertz CT molecular complexity index is 371. The molecule has 7 heteroatoms. The lowest BCUT2D eigenvalue weighted by Crippen LogP contribution is -2.07. The summed E-state index contributed by atoms with van der Waals surface area (Å²) in [6.07, 6.45) is 0.583. The molecule has 0 amide bonds. The fourth-order valence-corrected chi connectivity index (χ4v) is 1.70. The maximum Gasteiger partial charge on any atom is 0.216 e. The van der Waals surface area contributed by atoms with Crippen LogP contribution < -0.4 is 0 Å². The fraction of sp³-hybridized carbons (Fsp3) is 0.222. The van der Waals surface area contributed by atoms with E-state index in [1.807, 2.05) is 0 Å². The van der Waals surface area contributed by atoms with Gasteiger partial charge in [-0.1, -0.05) is 69.6 Å². The van der Waals surface area contributed by atoms with Crippen LogP contribution >= 0.6 is 69.6 Å². The third-order valence-electron chi connectivity index (χ3n) is 1.75. The molecule has 0 atom stereocenters. The molecule has 0 aromatic heterocycles. The van der Waals surface area contributed by atoms with Gasteiger partial charge in [0.1, 0.15) is 6.29 Å². The number of carbonyl (C=O) groups excluding carboxylic acids is 1. The summed E-state index contributed by atoms with van der Waals surface area (Å²) in [7, 11) is 0. The van der Waals surface area contributed by atoms with Crippen LogP contribution in [0.1, 0.15) is 21.5 Å². The second-order valence-corrected chi connectivity index (χ2v) is 7.52. The number of aldehydes is 1. The van der Waals surface area contributed by atoms with E-state index in [0.29, 0.717) is 6.29 Å². The SMILES string of the molecule is O=Cc1cc(C(Cl)(Cl)Cl)cc(C(Cl)(Cl)Cl)c1. The van der Waals surface area contributed by atoms with E-state index < -0.39 is 7.59 Å². The van der Waals surface area contributed by atoms with Gasteiger partial charge in [-0.15, -0.1) is 0 Å². The summed E-state index contributed by atoms with van der Waals surface area (Å²) in [6, 6.07) is 4.26. The third kappa shape index (κ3) is 3.83. The van der Waals surface area contributed by atoms with Gasteiger partial charge in [0.25, 0.3) is 0 Å². The van der Waals surface area contributed by atoms with Gasteiger partial charge in [0, 0.05) is 16.7 Å². The lowest BCUT2D eigenvalue weighted by molar-refractivity contribution is 0.112. The van der Waals surface area contributed by atoms with Crippen LogP contribution in [0.25, 0.3) is 0 Å². The highest BCUT2D eigenvalue weighted by molar-refractivity contribution is 6.67. The minimum atomic E-state index is -1.68. The zero-order valence-electron chi connectivity index (χ0n) is 7.49. The van der Waals surface area contributed by atoms with E-state index in [-0.39, 0.29) is 16.7 Å². The van der Waals surface area contributed by atoms with Crippen LogP contribution in [-0.4, -0.2) is 6.29 Å². The Kier molecular flexibility index (Phi) is 4.68. The van der Waals surface area contributed by atoms with Crippen LogP contribution in [0.4, 0.5) is 0 Å². The summed E-state index contributed by atoms with van der Waals surface area (Å²) in [5.74, 6) is 0. The van der Waals surface area contributed by atoms with Crippen LogP contribution in [0, 0.1) is 0 Å². The Balaban J connectivity index is 3.39. The summed E-state index contributed by atoms with van der Waals surface area (Å²) in [5.41, 5.74) is 0.803. The van der Waals surface area contributed by atoms with Crippen molar-refractivity contribution >= 4 is 75.9 Å². The Morgan fingerprint density at radius 1 is 0.812 bits per heavy atom. The molecular formula is C9H4Cl6O. The molecule has 1 aromatic rings. The third-order valence-corrected chi connectivity index (χ3v) is 3.06. The minimum Gasteiger partial charge on any atom is -0.298 e. The van der Waals surface area contributed by atoms with E-state index in [0.717, 1.165) is 0 Å². The molecule has 16 heavy (non-hydrogen) atoms. The van der Waals surface area contributed by atoms with Crippen molar-refractivity contribution in [3.63, 3.8) is 0 Å². The van der Waals surface area contributed by atoms with Crippen molar-refractivity contribution in [1.82, 2.24) is 0 Å². The normalized spacial score (nSPS) is 12.6. The average molecular weight is 341 g/mol. The zero-order chi connectivity index (χ0) is 12.6. The first-order valence-electron chi connectivity index (χ1n) is 3.89. The van der Waals surface area contributed by atoms with E-state index in [1.165, 1.54) is 18.2 Å². The molecule has 0 fully saturated rings. The van der Waals surface area contributed by atoms with E-state index in [4.69, 9.17) is 69.6 Å². The molecule has 0 heterocycles. The summed E-state index contributed by atoms with van der Waals surface area (Å²) < 4.78 is -3.35. The summed E-state index contributed by atoms with van der Waals surface area (Å²) in [4.78, 5) is 10.7. The van der Waals surface area contributed by atoms with Gasteiger partial charge in [0.2, 0.25) is 7.59 Å². The Hall–Kier alpha value is 0.630. The molecule has 0 bridgehead atoms. The molecule has 0 aliphatic rings. The minimum absolute atomic E-state index is 0.267. The van der Waals surface area contributed by atoms with Gasteiger partial charge in [-0.2, -0.15) is 0 Å². The first-order valence-corrected chi connectivity index (χ1v) is 6.16. The highest BCUT2D eigenvalue weighted by Gasteiger charge is 2.29. The first kappa shape index (κ1) is 14.7. The standard InChI is InChI=1S/C9H4Cl6O/c10-8(11,12)6-1-5(4-16)2-7(3-6)9(13,14)15/h1-4H. The number of alkyl halides is 6. The first-order chi connectivity index (χ1) is 7.14. The number of benzene rings is 1. The molecule has 1 rings (SSSR count). The van der Waals surface area contributed by atoms with Crippen molar-refractivity contribution in [1.29, 1.82) is 0 Å². The topological polar surface area (TPSA) is 17.1 Å². The zero-order valence-corrected chi connectivity index (χ0v) is 12.0. The second kappa shape index (κ2) is 5.09. The van der Waals surface area contributed by atoms with E-state index in [1.54, 1.807) is 0 Å². The van der Waals surface area contributed by atoms with Gasteiger partial charge >= 0.3 is 0 Å². The van der Waals surface area contributed by atoms with Crippen molar-refractivity contribution in [3.05, 3.63) is 34.9 Å². The number of hydrogen-bond donors (Lipinski definition) is 0. The van der Waals surface area contributed by atoms with Crippen LogP contribution in [0.15, 0.2) is 18.2 Å². The highest BCUT2D eigenvalue weighted by Crippen LogP contribution is 2.43. The average Bonchev–Trinajstić information content (AvgIpc) is 2.14. The largest absolute Gasteiger partial charge is 0.298 e. The molecule has 0 radical (unpaired) electrons. The number of halogens is 6. The fourth-order valence-electron chi connectivity index (χ4n) is 1.05. The lowest BCUT2D eigenvalue weighted by Gasteiger charge is -2.17. The van der Waals surface area contributed by atoms with E-state index in [2.05, 4.69) is 0 Å². The smallest absolute Gasteiger partial charge is 0.216 e. The molecule has 1 aromatic carbocycles. The molecule has 88 valence electrons. The van der Waals surface area contributed by atoms with Crippen molar-refractivity contribution in [2.45, 2.75) is 7.59 Å². The predicted molar refractivity (Wildman–Crippen MR) is 70.3 cm³/mol. The van der Waals surface area contributed by atoms with Crippen LogP contribution in [0.2, 0.25) is 0 Å². The van der Waals surface area contributed by atoms with Gasteiger partial charge in [-0.05, 0) is 18.2 Å². The van der Waals surface area contributed by atoms with Crippen LogP contribution in [0.5, 0.6) is 0 Å². The van der Waals surface area contributed by atoms with Crippen LogP contribution in [0.3, 0.4) is 0 Å². The molecule has 0 saturated carbocycles. The van der Waals surface area contributed by atoms with E-state index in [9.17, 15) is 4.79 Å². The molecule has 0 aliphatic carbocycles. The van der Waals surface area contributed by atoms with Crippen molar-refractivity contribution < 1.29 is 4.79 Å². The van der Waals surface area contributed by atoms with Gasteiger partial charge in [0.15, 0.2) is 0 Å². The summed E-state index contributed by atoms with van der Waals surface area (Å²) >= 11 is 34.2. The summed E-state index contributed by atoms with van der Waals surface area (Å²) in [6.45, 7) is 0. The van der Waals surface area contributed by atoms with Crippen molar-refractivity contribution in [2.75, 3.05) is 0 Å². The Morgan fingerprint density at radius 2 is 1.19 bits per heavy atom. The Morgan fingerprint density at radius 3 is 1.44 bits per heavy atom. The molecule has 0 N–H and O–H groups in total. The van der Waals surface area contributed by atoms with Crippen LogP contribution in [-0.2, 0) is 7.59 Å². The van der Waals surface area contributed by atoms with Gasteiger partial charge in [0.05, 0.1) is 0 Å². The maximum absolute atomic E-state index is 10.7. The van der Waals surface area contributed by atoms with Crippen molar-refractivity contribution in [2.24, 2.45) is 0 Å². The lowest BCUT2D eigenvalue weighted by atomic mass is 10.1. The van der Waals surface area contributed by atoms with Gasteiger partial charge < -0.3 is 0 Å². The summed E-state index contributed by atoms with van der Waals surface area (Å²) in [5, 5.41) is 0. The van der Waals surface area contributed by atoms with Gasteiger partial charge in [-0.25, -0.2) is 0 Å². The Labute approximate surface area is 123 Å². The maximum atomic E-state index is 10.7. The monoisotopic (exact) mass is 338 g/mol. The van der Waals surface area contributed by atoms with Gasteiger partial charge in [-0.3, -0.25) is 4.79 Å². The number of hydrogen-bond acceptors (Lipinski definition) is 1. The number of rotatable bonds is 1.